The van der Waals surface area contributed by atoms with Crippen LogP contribution in [-0.4, -0.2) is 24.6 Å². The number of benzene rings is 1. The molecule has 0 aliphatic carbocycles. The standard InChI is InChI=1S/C10H8F2N2O3/c11-5-2-1-3-6(8(5)12)14-9(15)7-4-13-10(16)17-7/h1-3,7H,4H2,(H,13,16)(H,14,15). The normalized spacial score (nSPS) is 18.5. The molecule has 1 aliphatic rings. The second kappa shape index (κ2) is 4.36. The number of hydrogen-bond donors (Lipinski definition) is 2. The number of amides is 2. The third-order valence-corrected chi connectivity index (χ3v) is 2.18. The zero-order valence-electron chi connectivity index (χ0n) is 8.50. The molecule has 1 heterocycles. The average molecular weight is 242 g/mol. The van der Waals surface area contributed by atoms with E-state index in [1.807, 2.05) is 0 Å². The van der Waals surface area contributed by atoms with Gasteiger partial charge in [0.15, 0.2) is 17.7 Å². The number of carbonyl (C=O) groups is 2. The van der Waals surface area contributed by atoms with Crippen molar-refractivity contribution in [2.75, 3.05) is 11.9 Å². The fraction of sp³-hybridized carbons (Fsp3) is 0.200. The number of cyclic esters (lactones) is 1. The minimum absolute atomic E-state index is 0.00159. The third kappa shape index (κ3) is 2.32. The second-order valence-electron chi connectivity index (χ2n) is 3.37. The Morgan fingerprint density at radius 1 is 1.47 bits per heavy atom. The van der Waals surface area contributed by atoms with E-state index in [2.05, 4.69) is 15.4 Å². The second-order valence-corrected chi connectivity index (χ2v) is 3.37. The number of ether oxygens (including phenoxy) is 1. The molecular formula is C10H8F2N2O3. The van der Waals surface area contributed by atoms with Gasteiger partial charge in [0.2, 0.25) is 0 Å². The van der Waals surface area contributed by atoms with Crippen LogP contribution in [0.1, 0.15) is 0 Å². The summed E-state index contributed by atoms with van der Waals surface area (Å²) in [6.07, 6.45) is -1.75. The Kier molecular flexibility index (Phi) is 2.90. The summed E-state index contributed by atoms with van der Waals surface area (Å²) in [7, 11) is 0. The molecule has 7 heteroatoms. The van der Waals surface area contributed by atoms with Gasteiger partial charge in [-0.25, -0.2) is 13.6 Å². The molecule has 90 valence electrons. The van der Waals surface area contributed by atoms with Crippen molar-refractivity contribution in [3.05, 3.63) is 29.8 Å². The van der Waals surface area contributed by atoms with Crippen molar-refractivity contribution >= 4 is 17.7 Å². The Morgan fingerprint density at radius 3 is 2.88 bits per heavy atom. The predicted molar refractivity (Wildman–Crippen MR) is 53.3 cm³/mol. The summed E-state index contributed by atoms with van der Waals surface area (Å²) in [5.41, 5.74) is -0.294. The number of anilines is 1. The number of rotatable bonds is 2. The van der Waals surface area contributed by atoms with Gasteiger partial charge in [0.05, 0.1) is 12.2 Å². The monoisotopic (exact) mass is 242 g/mol. The quantitative estimate of drug-likeness (QED) is 0.813. The highest BCUT2D eigenvalue weighted by Crippen LogP contribution is 2.17. The van der Waals surface area contributed by atoms with E-state index in [-0.39, 0.29) is 12.2 Å². The fourth-order valence-corrected chi connectivity index (χ4v) is 1.35. The van der Waals surface area contributed by atoms with Gasteiger partial charge < -0.3 is 15.4 Å². The van der Waals surface area contributed by atoms with E-state index in [0.29, 0.717) is 0 Å². The predicted octanol–water partition coefficient (Wildman–Crippen LogP) is 1.01. The molecule has 0 radical (unpaired) electrons. The number of nitrogens with one attached hydrogen (secondary N) is 2. The Balaban J connectivity index is 2.08. The third-order valence-electron chi connectivity index (χ3n) is 2.18. The molecular weight excluding hydrogens is 234 g/mol. The largest absolute Gasteiger partial charge is 0.434 e. The van der Waals surface area contributed by atoms with Crippen molar-refractivity contribution < 1.29 is 23.1 Å². The van der Waals surface area contributed by atoms with Crippen molar-refractivity contribution in [2.24, 2.45) is 0 Å². The Labute approximate surface area is 94.8 Å². The Hall–Kier alpha value is -2.18. The summed E-state index contributed by atoms with van der Waals surface area (Å²) in [5, 5.41) is 4.41. The number of carbonyl (C=O) groups excluding carboxylic acids is 2. The molecule has 1 aliphatic heterocycles. The lowest BCUT2D eigenvalue weighted by molar-refractivity contribution is -0.122. The van der Waals surface area contributed by atoms with Gasteiger partial charge in [-0.2, -0.15) is 0 Å². The van der Waals surface area contributed by atoms with Crippen LogP contribution in [0.5, 0.6) is 0 Å². The maximum atomic E-state index is 13.2. The van der Waals surface area contributed by atoms with E-state index < -0.39 is 29.7 Å². The first-order valence-corrected chi connectivity index (χ1v) is 4.77. The Bertz CT molecular complexity index is 479. The maximum Gasteiger partial charge on any atom is 0.408 e. The summed E-state index contributed by atoms with van der Waals surface area (Å²) in [5.74, 6) is -2.93. The van der Waals surface area contributed by atoms with Crippen LogP contribution in [0.3, 0.4) is 0 Å². The lowest BCUT2D eigenvalue weighted by Gasteiger charge is -2.09. The van der Waals surface area contributed by atoms with E-state index in [0.717, 1.165) is 6.07 Å². The van der Waals surface area contributed by atoms with Crippen LogP contribution in [0.15, 0.2) is 18.2 Å². The smallest absolute Gasteiger partial charge is 0.408 e. The fourth-order valence-electron chi connectivity index (χ4n) is 1.35. The van der Waals surface area contributed by atoms with Crippen LogP contribution in [0, 0.1) is 11.6 Å². The molecule has 2 rings (SSSR count). The zero-order chi connectivity index (χ0) is 12.4. The first-order chi connectivity index (χ1) is 8.08. The van der Waals surface area contributed by atoms with Crippen molar-refractivity contribution in [1.29, 1.82) is 0 Å². The van der Waals surface area contributed by atoms with Crippen LogP contribution in [0.2, 0.25) is 0 Å². The molecule has 1 saturated heterocycles. The molecule has 0 bridgehead atoms. The van der Waals surface area contributed by atoms with Crippen molar-refractivity contribution in [3.63, 3.8) is 0 Å². The maximum absolute atomic E-state index is 13.2. The van der Waals surface area contributed by atoms with Crippen LogP contribution in [-0.2, 0) is 9.53 Å². The van der Waals surface area contributed by atoms with Gasteiger partial charge in [0.25, 0.3) is 5.91 Å². The van der Waals surface area contributed by atoms with E-state index in [1.54, 1.807) is 0 Å². The molecule has 1 unspecified atom stereocenters. The van der Waals surface area contributed by atoms with Crippen molar-refractivity contribution in [3.8, 4) is 0 Å². The average Bonchev–Trinajstić information content (AvgIpc) is 2.72. The molecule has 0 spiro atoms. The molecule has 2 amide bonds. The van der Waals surface area contributed by atoms with Gasteiger partial charge in [-0.3, -0.25) is 4.79 Å². The molecule has 0 saturated carbocycles. The van der Waals surface area contributed by atoms with Gasteiger partial charge in [-0.05, 0) is 12.1 Å². The molecule has 2 N–H and O–H groups in total. The molecule has 1 atom stereocenters. The number of alkyl carbamates (subject to hydrolysis) is 1. The van der Waals surface area contributed by atoms with Gasteiger partial charge >= 0.3 is 6.09 Å². The molecule has 5 nitrogen and oxygen atoms in total. The zero-order valence-corrected chi connectivity index (χ0v) is 8.50. The minimum atomic E-state index is -1.15. The lowest BCUT2D eigenvalue weighted by atomic mass is 10.2. The SMILES string of the molecule is O=C1NCC(C(=O)Nc2cccc(F)c2F)O1. The topological polar surface area (TPSA) is 67.4 Å². The molecule has 1 aromatic carbocycles. The van der Waals surface area contributed by atoms with Crippen LogP contribution in [0.4, 0.5) is 19.3 Å². The number of hydrogen-bond acceptors (Lipinski definition) is 3. The lowest BCUT2D eigenvalue weighted by Crippen LogP contribution is -2.31. The summed E-state index contributed by atoms with van der Waals surface area (Å²) >= 11 is 0. The van der Waals surface area contributed by atoms with Crippen LogP contribution >= 0.6 is 0 Å². The van der Waals surface area contributed by atoms with E-state index >= 15 is 0 Å². The minimum Gasteiger partial charge on any atom is -0.434 e. The van der Waals surface area contributed by atoms with E-state index in [4.69, 9.17) is 0 Å². The summed E-state index contributed by atoms with van der Waals surface area (Å²) in [4.78, 5) is 22.2. The Morgan fingerprint density at radius 2 is 2.24 bits per heavy atom. The van der Waals surface area contributed by atoms with Gasteiger partial charge in [0, 0.05) is 0 Å². The van der Waals surface area contributed by atoms with Crippen molar-refractivity contribution in [2.45, 2.75) is 6.10 Å². The van der Waals surface area contributed by atoms with Gasteiger partial charge in [0.1, 0.15) is 0 Å². The van der Waals surface area contributed by atoms with Crippen LogP contribution < -0.4 is 10.6 Å². The molecule has 1 fully saturated rings. The molecule has 17 heavy (non-hydrogen) atoms. The highest BCUT2D eigenvalue weighted by atomic mass is 19.2. The highest BCUT2D eigenvalue weighted by Gasteiger charge is 2.29. The van der Waals surface area contributed by atoms with Gasteiger partial charge in [-0.1, -0.05) is 6.07 Å². The van der Waals surface area contributed by atoms with E-state index in [9.17, 15) is 18.4 Å². The highest BCUT2D eigenvalue weighted by molar-refractivity contribution is 5.96. The van der Waals surface area contributed by atoms with E-state index in [1.165, 1.54) is 12.1 Å². The summed E-state index contributed by atoms with van der Waals surface area (Å²) in [6, 6.07) is 3.40. The van der Waals surface area contributed by atoms with Crippen LogP contribution in [0.25, 0.3) is 0 Å². The molecule has 1 aromatic rings. The first kappa shape index (κ1) is 11.3. The summed E-state index contributed by atoms with van der Waals surface area (Å²) in [6.45, 7) is 0.00159. The van der Waals surface area contributed by atoms with Gasteiger partial charge in [-0.15, -0.1) is 0 Å². The first-order valence-electron chi connectivity index (χ1n) is 4.77. The number of halogens is 2. The summed E-state index contributed by atoms with van der Waals surface area (Å²) < 4.78 is 30.6. The molecule has 0 aromatic heterocycles. The van der Waals surface area contributed by atoms with Crippen molar-refractivity contribution in [1.82, 2.24) is 5.32 Å².